The molecular weight excluding hydrogens is 333 g/mol. The second kappa shape index (κ2) is 6.66. The van der Waals surface area contributed by atoms with Gasteiger partial charge in [-0.15, -0.1) is 0 Å². The second-order valence-electron chi connectivity index (χ2n) is 5.52. The molecule has 1 aromatic heterocycles. The van der Waals surface area contributed by atoms with E-state index in [-0.39, 0.29) is 5.56 Å². The molecule has 24 heavy (non-hydrogen) atoms. The van der Waals surface area contributed by atoms with Crippen molar-refractivity contribution in [3.8, 4) is 11.1 Å². The number of benzene rings is 1. The third kappa shape index (κ3) is 3.60. The zero-order valence-corrected chi connectivity index (χ0v) is 13.6. The van der Waals surface area contributed by atoms with E-state index in [4.69, 9.17) is 0 Å². The number of amides is 1. The zero-order chi connectivity index (χ0) is 17.2. The lowest BCUT2D eigenvalue weighted by atomic mass is 10.1. The number of nitrogens with zero attached hydrogens (tertiary/aromatic N) is 2. The number of carbonyl (C=O) groups excluding carboxylic acids is 1. The summed E-state index contributed by atoms with van der Waals surface area (Å²) in [7, 11) is -3.85. The molecule has 3 rings (SSSR count). The first kappa shape index (κ1) is 16.5. The van der Waals surface area contributed by atoms with Crippen molar-refractivity contribution in [3.63, 3.8) is 0 Å². The van der Waals surface area contributed by atoms with Crippen molar-refractivity contribution < 1.29 is 17.6 Å². The van der Waals surface area contributed by atoms with Gasteiger partial charge in [0.25, 0.3) is 5.91 Å². The summed E-state index contributed by atoms with van der Waals surface area (Å²) in [5, 5.41) is 0. The van der Waals surface area contributed by atoms with Gasteiger partial charge >= 0.3 is 10.2 Å². The highest BCUT2D eigenvalue weighted by Gasteiger charge is 2.27. The van der Waals surface area contributed by atoms with Crippen LogP contribution in [0.15, 0.2) is 42.7 Å². The summed E-state index contributed by atoms with van der Waals surface area (Å²) in [6, 6.07) is 7.35. The van der Waals surface area contributed by atoms with Crippen LogP contribution in [0.1, 0.15) is 23.2 Å². The summed E-state index contributed by atoms with van der Waals surface area (Å²) in [6.07, 6.45) is 4.33. The van der Waals surface area contributed by atoms with Gasteiger partial charge in [0.2, 0.25) is 0 Å². The fourth-order valence-electron chi connectivity index (χ4n) is 2.56. The molecular formula is C16H16FN3O3S. The Hall–Kier alpha value is -2.32. The van der Waals surface area contributed by atoms with E-state index in [1.54, 1.807) is 12.1 Å². The number of carbonyl (C=O) groups is 1. The molecule has 1 N–H and O–H groups in total. The Balaban J connectivity index is 1.82. The molecule has 1 aliphatic heterocycles. The number of hydrogen-bond acceptors (Lipinski definition) is 4. The Morgan fingerprint density at radius 1 is 1.12 bits per heavy atom. The highest BCUT2D eigenvalue weighted by molar-refractivity contribution is 7.87. The van der Waals surface area contributed by atoms with Crippen LogP contribution >= 0.6 is 0 Å². The predicted octanol–water partition coefficient (Wildman–Crippen LogP) is 1.96. The maximum absolute atomic E-state index is 13.3. The average molecular weight is 349 g/mol. The van der Waals surface area contributed by atoms with E-state index in [1.807, 2.05) is 4.72 Å². The van der Waals surface area contributed by atoms with E-state index in [9.17, 15) is 17.6 Å². The van der Waals surface area contributed by atoms with Crippen molar-refractivity contribution in [3.05, 3.63) is 54.1 Å². The van der Waals surface area contributed by atoms with Crippen LogP contribution in [0.3, 0.4) is 0 Å². The van der Waals surface area contributed by atoms with Gasteiger partial charge in [-0.2, -0.15) is 12.7 Å². The van der Waals surface area contributed by atoms with Crippen molar-refractivity contribution in [1.82, 2.24) is 14.0 Å². The summed E-state index contributed by atoms with van der Waals surface area (Å²) in [4.78, 5) is 16.2. The topological polar surface area (TPSA) is 79.4 Å². The molecule has 1 aromatic carbocycles. The van der Waals surface area contributed by atoms with E-state index in [0.29, 0.717) is 24.2 Å². The van der Waals surface area contributed by atoms with Crippen molar-refractivity contribution in [2.75, 3.05) is 13.1 Å². The maximum atomic E-state index is 13.3. The van der Waals surface area contributed by atoms with Crippen LogP contribution in [-0.2, 0) is 10.2 Å². The average Bonchev–Trinajstić information content (AvgIpc) is 3.10. The fourth-order valence-corrected chi connectivity index (χ4v) is 3.78. The standard InChI is InChI=1S/C16H16FN3O3S/c17-15-5-3-4-12(9-15)13-8-14(11-18-10-13)16(21)19-24(22,23)20-6-1-2-7-20/h3-5,8-11H,1-2,6-7H2,(H,19,21). The van der Waals surface area contributed by atoms with Crippen molar-refractivity contribution in [2.45, 2.75) is 12.8 Å². The van der Waals surface area contributed by atoms with E-state index >= 15 is 0 Å². The summed E-state index contributed by atoms with van der Waals surface area (Å²) in [5.74, 6) is -1.16. The third-order valence-electron chi connectivity index (χ3n) is 3.79. The zero-order valence-electron chi connectivity index (χ0n) is 12.8. The number of halogens is 1. The quantitative estimate of drug-likeness (QED) is 0.915. The van der Waals surface area contributed by atoms with Gasteiger partial charge in [0.05, 0.1) is 5.56 Å². The second-order valence-corrected chi connectivity index (χ2v) is 7.19. The lowest BCUT2D eigenvalue weighted by molar-refractivity contribution is 0.0979. The van der Waals surface area contributed by atoms with Crippen molar-refractivity contribution >= 4 is 16.1 Å². The van der Waals surface area contributed by atoms with Crippen molar-refractivity contribution in [2.24, 2.45) is 0 Å². The first-order valence-corrected chi connectivity index (χ1v) is 8.93. The molecule has 1 saturated heterocycles. The predicted molar refractivity (Wildman–Crippen MR) is 86.8 cm³/mol. The number of aromatic nitrogens is 1. The first-order chi connectivity index (χ1) is 11.5. The van der Waals surface area contributed by atoms with E-state index in [2.05, 4.69) is 4.98 Å². The third-order valence-corrected chi connectivity index (χ3v) is 5.27. The molecule has 1 fully saturated rings. The smallest absolute Gasteiger partial charge is 0.268 e. The summed E-state index contributed by atoms with van der Waals surface area (Å²) < 4.78 is 40.9. The van der Waals surface area contributed by atoms with Gasteiger partial charge in [-0.25, -0.2) is 9.11 Å². The van der Waals surface area contributed by atoms with Gasteiger partial charge in [0.1, 0.15) is 5.82 Å². The normalized spacial score (nSPS) is 15.4. The summed E-state index contributed by atoms with van der Waals surface area (Å²) in [5.41, 5.74) is 1.18. The molecule has 1 aliphatic rings. The fraction of sp³-hybridized carbons (Fsp3) is 0.250. The van der Waals surface area contributed by atoms with Crippen LogP contribution in [-0.4, -0.2) is 36.7 Å². The number of nitrogens with one attached hydrogen (secondary N) is 1. The number of pyridine rings is 1. The molecule has 126 valence electrons. The van der Waals surface area contributed by atoms with Crippen LogP contribution in [0, 0.1) is 5.82 Å². The molecule has 1 amide bonds. The van der Waals surface area contributed by atoms with Crippen LogP contribution in [0.4, 0.5) is 4.39 Å². The van der Waals surface area contributed by atoms with Gasteiger partial charge in [-0.05, 0) is 36.6 Å². The first-order valence-electron chi connectivity index (χ1n) is 7.49. The Morgan fingerprint density at radius 2 is 1.88 bits per heavy atom. The Morgan fingerprint density at radius 3 is 2.58 bits per heavy atom. The van der Waals surface area contributed by atoms with E-state index in [0.717, 1.165) is 12.8 Å². The van der Waals surface area contributed by atoms with Gasteiger partial charge < -0.3 is 0 Å². The van der Waals surface area contributed by atoms with Crippen LogP contribution in [0.25, 0.3) is 11.1 Å². The molecule has 0 atom stereocenters. The van der Waals surface area contributed by atoms with Crippen LogP contribution in [0.2, 0.25) is 0 Å². The molecule has 0 radical (unpaired) electrons. The molecule has 8 heteroatoms. The minimum absolute atomic E-state index is 0.0968. The Kier molecular flexibility index (Phi) is 4.59. The van der Waals surface area contributed by atoms with Gasteiger partial charge in [-0.3, -0.25) is 9.78 Å². The highest BCUT2D eigenvalue weighted by Crippen LogP contribution is 2.20. The largest absolute Gasteiger partial charge is 0.304 e. The number of hydrogen-bond donors (Lipinski definition) is 1. The Bertz CT molecular complexity index is 864. The molecule has 0 aliphatic carbocycles. The van der Waals surface area contributed by atoms with Crippen LogP contribution < -0.4 is 4.72 Å². The lowest BCUT2D eigenvalue weighted by Crippen LogP contribution is -2.42. The van der Waals surface area contributed by atoms with Gasteiger partial charge in [0, 0.05) is 31.0 Å². The highest BCUT2D eigenvalue weighted by atomic mass is 32.2. The van der Waals surface area contributed by atoms with Crippen LogP contribution in [0.5, 0.6) is 0 Å². The van der Waals surface area contributed by atoms with Gasteiger partial charge in [0.15, 0.2) is 0 Å². The maximum Gasteiger partial charge on any atom is 0.304 e. The molecule has 6 nitrogen and oxygen atoms in total. The lowest BCUT2D eigenvalue weighted by Gasteiger charge is -2.16. The van der Waals surface area contributed by atoms with E-state index < -0.39 is 21.9 Å². The Labute approximate surface area is 139 Å². The monoisotopic (exact) mass is 349 g/mol. The molecule has 0 bridgehead atoms. The minimum Gasteiger partial charge on any atom is -0.268 e. The molecule has 0 saturated carbocycles. The minimum atomic E-state index is -3.85. The molecule has 0 unspecified atom stereocenters. The summed E-state index contributed by atoms with van der Waals surface area (Å²) >= 11 is 0. The SMILES string of the molecule is O=C(NS(=O)(=O)N1CCCC1)c1cncc(-c2cccc(F)c2)c1. The van der Waals surface area contributed by atoms with Crippen molar-refractivity contribution in [1.29, 1.82) is 0 Å². The van der Waals surface area contributed by atoms with E-state index in [1.165, 1.54) is 34.9 Å². The molecule has 0 spiro atoms. The summed E-state index contributed by atoms with van der Waals surface area (Å²) in [6.45, 7) is 0.814. The molecule has 2 heterocycles. The molecule has 2 aromatic rings. The van der Waals surface area contributed by atoms with Gasteiger partial charge in [-0.1, -0.05) is 12.1 Å². The number of rotatable bonds is 4.